The van der Waals surface area contributed by atoms with Gasteiger partial charge in [0, 0.05) is 24.7 Å². The predicted octanol–water partition coefficient (Wildman–Crippen LogP) is 9.35. The average Bonchev–Trinajstić information content (AvgIpc) is 3.06. The summed E-state index contributed by atoms with van der Waals surface area (Å²) in [5, 5.41) is 12.6. The van der Waals surface area contributed by atoms with Crippen molar-refractivity contribution in [1.29, 1.82) is 0 Å². The zero-order valence-corrected chi connectivity index (χ0v) is 27.0. The van der Waals surface area contributed by atoms with E-state index in [1.165, 1.54) is 11.1 Å². The molecule has 1 unspecified atom stereocenters. The minimum atomic E-state index is -0.767. The summed E-state index contributed by atoms with van der Waals surface area (Å²) in [5.74, 6) is -1.15. The molecule has 4 aromatic rings. The Labute approximate surface area is 273 Å². The Balaban J connectivity index is 1.26. The molecule has 0 aliphatic heterocycles. The van der Waals surface area contributed by atoms with E-state index in [1.54, 1.807) is 0 Å². The molecular formula is C40H46N2O4. The molecular weight excluding hydrogens is 572 g/mol. The minimum Gasteiger partial charge on any atom is -0.481 e. The van der Waals surface area contributed by atoms with Crippen molar-refractivity contribution in [2.75, 3.05) is 5.32 Å². The molecule has 0 heterocycles. The van der Waals surface area contributed by atoms with Crippen LogP contribution in [0.3, 0.4) is 0 Å². The first-order chi connectivity index (χ1) is 22.3. The van der Waals surface area contributed by atoms with Gasteiger partial charge < -0.3 is 9.84 Å². The number of carboxylic acids is 1. The van der Waals surface area contributed by atoms with Crippen LogP contribution in [0.1, 0.15) is 69.1 Å². The van der Waals surface area contributed by atoms with Crippen molar-refractivity contribution >= 4 is 17.7 Å². The zero-order valence-electron chi connectivity index (χ0n) is 27.0. The molecule has 1 aliphatic carbocycles. The lowest BCUT2D eigenvalue weighted by molar-refractivity contribution is -0.142. The van der Waals surface area contributed by atoms with E-state index in [9.17, 15) is 14.7 Å². The van der Waals surface area contributed by atoms with E-state index < -0.39 is 17.7 Å². The van der Waals surface area contributed by atoms with Crippen LogP contribution >= 0.6 is 0 Å². The number of aryl methyl sites for hydroxylation is 1. The van der Waals surface area contributed by atoms with Crippen molar-refractivity contribution in [3.05, 3.63) is 126 Å². The quantitative estimate of drug-likeness (QED) is 0.156. The monoisotopic (exact) mass is 618 g/mol. The summed E-state index contributed by atoms with van der Waals surface area (Å²) < 4.78 is 6.18. The molecule has 6 nitrogen and oxygen atoms in total. The lowest BCUT2D eigenvalue weighted by Gasteiger charge is -2.41. The Bertz CT molecular complexity index is 1510. The van der Waals surface area contributed by atoms with Gasteiger partial charge >= 0.3 is 12.1 Å². The number of hydrogen-bond acceptors (Lipinski definition) is 4. The maximum Gasteiger partial charge on any atom is 0.412 e. The van der Waals surface area contributed by atoms with E-state index >= 15 is 0 Å². The first kappa shape index (κ1) is 33.0. The number of ether oxygens (including phenoxy) is 1. The highest BCUT2D eigenvalue weighted by molar-refractivity contribution is 5.92. The smallest absolute Gasteiger partial charge is 0.412 e. The van der Waals surface area contributed by atoms with E-state index in [4.69, 9.17) is 4.74 Å². The van der Waals surface area contributed by atoms with Crippen LogP contribution in [0.2, 0.25) is 0 Å². The van der Waals surface area contributed by atoms with Gasteiger partial charge in [0.25, 0.3) is 0 Å². The highest BCUT2D eigenvalue weighted by Gasteiger charge is 2.36. The SMILES string of the molecule is CCC(CCc1ccc(-c2ccccc2)c(NC(=O)OC2(C)CCC(N(Cc3ccccc3)Cc3ccccc3)CC2)c1)C(=O)O. The standard InChI is InChI=1S/C40H46N2O4/c1-3-33(38(43)44)21-19-30-20-22-36(34-17-11-6-12-18-34)37(27-30)41-39(45)46-40(2)25-23-35(24-26-40)42(28-31-13-7-4-8-14-31)29-32-15-9-5-10-16-32/h4-18,20,22,27,33,35H,3,19,21,23-26,28-29H2,1-2H3,(H,41,45)(H,43,44). The van der Waals surface area contributed by atoms with Crippen molar-refractivity contribution in [3.8, 4) is 11.1 Å². The first-order valence-corrected chi connectivity index (χ1v) is 16.5. The molecule has 1 aliphatic rings. The number of hydrogen-bond donors (Lipinski definition) is 2. The van der Waals surface area contributed by atoms with Gasteiger partial charge in [-0.05, 0) is 80.2 Å². The predicted molar refractivity (Wildman–Crippen MR) is 185 cm³/mol. The van der Waals surface area contributed by atoms with Crippen molar-refractivity contribution in [2.45, 2.75) is 83.5 Å². The summed E-state index contributed by atoms with van der Waals surface area (Å²) in [6.07, 6.45) is 4.74. The molecule has 46 heavy (non-hydrogen) atoms. The second kappa shape index (κ2) is 15.7. The van der Waals surface area contributed by atoms with Crippen LogP contribution in [0.5, 0.6) is 0 Å². The number of aliphatic carboxylic acids is 1. The van der Waals surface area contributed by atoms with Gasteiger partial charge in [0.15, 0.2) is 0 Å². The molecule has 5 rings (SSSR count). The lowest BCUT2D eigenvalue weighted by Crippen LogP contribution is -2.44. The van der Waals surface area contributed by atoms with Gasteiger partial charge in [-0.25, -0.2) is 4.79 Å². The van der Waals surface area contributed by atoms with Crippen LogP contribution < -0.4 is 5.32 Å². The third kappa shape index (κ3) is 9.07. The van der Waals surface area contributed by atoms with E-state index in [0.29, 0.717) is 31.0 Å². The molecule has 1 amide bonds. The summed E-state index contributed by atoms with van der Waals surface area (Å²) in [7, 11) is 0. The molecule has 4 aromatic carbocycles. The van der Waals surface area contributed by atoms with Crippen molar-refractivity contribution < 1.29 is 19.4 Å². The normalized spacial score (nSPS) is 18.5. The second-order valence-electron chi connectivity index (χ2n) is 12.8. The molecule has 0 radical (unpaired) electrons. The van der Waals surface area contributed by atoms with Gasteiger partial charge in [-0.1, -0.05) is 110 Å². The fourth-order valence-corrected chi connectivity index (χ4v) is 6.55. The fourth-order valence-electron chi connectivity index (χ4n) is 6.55. The minimum absolute atomic E-state index is 0.387. The van der Waals surface area contributed by atoms with Crippen LogP contribution in [0.4, 0.5) is 10.5 Å². The van der Waals surface area contributed by atoms with Crippen LogP contribution in [0, 0.1) is 5.92 Å². The highest BCUT2D eigenvalue weighted by atomic mass is 16.6. The summed E-state index contributed by atoms with van der Waals surface area (Å²) in [6.45, 7) is 5.70. The van der Waals surface area contributed by atoms with Crippen LogP contribution in [0.25, 0.3) is 11.1 Å². The summed E-state index contributed by atoms with van der Waals surface area (Å²) in [5.41, 5.74) is 5.58. The van der Waals surface area contributed by atoms with E-state index in [-0.39, 0.29) is 5.92 Å². The van der Waals surface area contributed by atoms with Gasteiger partial charge in [0.1, 0.15) is 5.60 Å². The maximum atomic E-state index is 13.5. The van der Waals surface area contributed by atoms with Crippen molar-refractivity contribution in [3.63, 3.8) is 0 Å². The molecule has 6 heteroatoms. The first-order valence-electron chi connectivity index (χ1n) is 16.5. The molecule has 0 saturated heterocycles. The molecule has 1 fully saturated rings. The van der Waals surface area contributed by atoms with Crippen molar-refractivity contribution in [1.82, 2.24) is 4.90 Å². The van der Waals surface area contributed by atoms with Crippen LogP contribution in [-0.2, 0) is 29.0 Å². The topological polar surface area (TPSA) is 78.9 Å². The third-order valence-corrected chi connectivity index (χ3v) is 9.35. The highest BCUT2D eigenvalue weighted by Crippen LogP contribution is 2.36. The second-order valence-corrected chi connectivity index (χ2v) is 12.8. The summed E-state index contributed by atoms with van der Waals surface area (Å²) in [6, 6.07) is 37.6. The van der Waals surface area contributed by atoms with Crippen LogP contribution in [0.15, 0.2) is 109 Å². The Morgan fingerprint density at radius 1 is 0.848 bits per heavy atom. The van der Waals surface area contributed by atoms with Gasteiger partial charge in [-0.15, -0.1) is 0 Å². The van der Waals surface area contributed by atoms with E-state index in [2.05, 4.69) is 70.9 Å². The van der Waals surface area contributed by atoms with E-state index in [1.807, 2.05) is 62.4 Å². The molecule has 1 saturated carbocycles. The number of anilines is 1. The average molecular weight is 619 g/mol. The number of benzene rings is 4. The Morgan fingerprint density at radius 3 is 1.96 bits per heavy atom. The lowest BCUT2D eigenvalue weighted by atomic mass is 9.82. The van der Waals surface area contributed by atoms with E-state index in [0.717, 1.165) is 55.5 Å². The number of nitrogens with zero attached hydrogens (tertiary/aromatic N) is 1. The van der Waals surface area contributed by atoms with Crippen LogP contribution in [-0.4, -0.2) is 33.7 Å². The molecule has 240 valence electrons. The molecule has 2 N–H and O–H groups in total. The molecule has 1 atom stereocenters. The number of carbonyl (C=O) groups is 2. The zero-order chi connectivity index (χ0) is 32.4. The Hall–Kier alpha value is -4.42. The maximum absolute atomic E-state index is 13.5. The molecule has 0 aromatic heterocycles. The fraction of sp³-hybridized carbons (Fsp3) is 0.350. The Morgan fingerprint density at radius 2 is 1.41 bits per heavy atom. The largest absolute Gasteiger partial charge is 0.481 e. The van der Waals surface area contributed by atoms with Gasteiger partial charge in [-0.3, -0.25) is 15.0 Å². The summed E-state index contributed by atoms with van der Waals surface area (Å²) >= 11 is 0. The molecule has 0 spiro atoms. The third-order valence-electron chi connectivity index (χ3n) is 9.35. The number of carboxylic acid groups (broad SMARTS) is 1. The number of rotatable bonds is 13. The van der Waals surface area contributed by atoms with Gasteiger partial charge in [-0.2, -0.15) is 0 Å². The Kier molecular flexibility index (Phi) is 11.3. The van der Waals surface area contributed by atoms with Gasteiger partial charge in [0.05, 0.1) is 11.6 Å². The molecule has 0 bridgehead atoms. The number of amides is 1. The number of nitrogens with one attached hydrogen (secondary N) is 1. The van der Waals surface area contributed by atoms with Gasteiger partial charge in [0.2, 0.25) is 0 Å². The summed E-state index contributed by atoms with van der Waals surface area (Å²) in [4.78, 5) is 27.6. The van der Waals surface area contributed by atoms with Crippen molar-refractivity contribution in [2.24, 2.45) is 5.92 Å². The number of carbonyl (C=O) groups excluding carboxylic acids is 1.